The predicted octanol–water partition coefficient (Wildman–Crippen LogP) is 3.14. The van der Waals surface area contributed by atoms with Crippen molar-refractivity contribution in [2.24, 2.45) is 11.1 Å². The number of anilines is 1. The monoisotopic (exact) mass is 256 g/mol. The fourth-order valence-electron chi connectivity index (χ4n) is 1.63. The van der Waals surface area contributed by atoms with Gasteiger partial charge in [0.25, 0.3) is 0 Å². The van der Waals surface area contributed by atoms with Crippen molar-refractivity contribution in [2.75, 3.05) is 25.5 Å². The molecule has 1 aromatic carbocycles. The zero-order valence-corrected chi connectivity index (χ0v) is 11.5. The van der Waals surface area contributed by atoms with Gasteiger partial charge < -0.3 is 15.8 Å². The van der Waals surface area contributed by atoms with Crippen molar-refractivity contribution in [1.29, 1.82) is 0 Å². The Balaban J connectivity index is 2.71. The molecule has 96 valence electrons. The zero-order valence-electron chi connectivity index (χ0n) is 10.7. The Morgan fingerprint density at radius 3 is 2.71 bits per heavy atom. The largest absolute Gasteiger partial charge is 0.495 e. The third-order valence-electron chi connectivity index (χ3n) is 2.74. The highest BCUT2D eigenvalue weighted by atomic mass is 35.5. The highest BCUT2D eigenvalue weighted by Gasteiger charge is 2.17. The van der Waals surface area contributed by atoms with Crippen molar-refractivity contribution in [1.82, 2.24) is 0 Å². The number of nitrogens with one attached hydrogen (secondary N) is 1. The van der Waals surface area contributed by atoms with E-state index in [1.165, 1.54) is 0 Å². The summed E-state index contributed by atoms with van der Waals surface area (Å²) in [5.74, 6) is 0.804. The third-order valence-corrected chi connectivity index (χ3v) is 2.98. The van der Waals surface area contributed by atoms with Crippen LogP contribution in [-0.2, 0) is 0 Å². The molecule has 17 heavy (non-hydrogen) atoms. The molecule has 3 N–H and O–H groups in total. The number of hydrogen-bond donors (Lipinski definition) is 2. The van der Waals surface area contributed by atoms with Gasteiger partial charge in [-0.05, 0) is 36.6 Å². The Labute approximate surface area is 108 Å². The molecule has 0 unspecified atom stereocenters. The Morgan fingerprint density at radius 2 is 2.12 bits per heavy atom. The highest BCUT2D eigenvalue weighted by Crippen LogP contribution is 2.29. The average molecular weight is 257 g/mol. The van der Waals surface area contributed by atoms with Gasteiger partial charge in [-0.15, -0.1) is 0 Å². The minimum Gasteiger partial charge on any atom is -0.495 e. The van der Waals surface area contributed by atoms with Crippen LogP contribution in [0.4, 0.5) is 5.69 Å². The second-order valence-electron chi connectivity index (χ2n) is 4.90. The van der Waals surface area contributed by atoms with E-state index >= 15 is 0 Å². The number of hydrogen-bond acceptors (Lipinski definition) is 3. The molecule has 0 atom stereocenters. The van der Waals surface area contributed by atoms with Crippen molar-refractivity contribution >= 4 is 17.3 Å². The summed E-state index contributed by atoms with van der Waals surface area (Å²) in [7, 11) is 1.65. The van der Waals surface area contributed by atoms with Crippen molar-refractivity contribution in [3.8, 4) is 5.75 Å². The fraction of sp³-hybridized carbons (Fsp3) is 0.538. The van der Waals surface area contributed by atoms with Crippen LogP contribution in [0.1, 0.15) is 20.3 Å². The van der Waals surface area contributed by atoms with Crippen LogP contribution in [0.3, 0.4) is 0 Å². The van der Waals surface area contributed by atoms with Gasteiger partial charge in [-0.2, -0.15) is 0 Å². The SMILES string of the molecule is COc1ccc(Cl)cc1NCC(C)(C)CCN. The van der Waals surface area contributed by atoms with E-state index in [-0.39, 0.29) is 5.41 Å². The van der Waals surface area contributed by atoms with Gasteiger partial charge in [0, 0.05) is 11.6 Å². The van der Waals surface area contributed by atoms with Crippen LogP contribution in [0.25, 0.3) is 0 Å². The van der Waals surface area contributed by atoms with E-state index in [1.54, 1.807) is 7.11 Å². The van der Waals surface area contributed by atoms with Gasteiger partial charge in [0.2, 0.25) is 0 Å². The molecule has 0 saturated heterocycles. The maximum Gasteiger partial charge on any atom is 0.142 e. The Morgan fingerprint density at radius 1 is 1.41 bits per heavy atom. The van der Waals surface area contributed by atoms with E-state index in [0.29, 0.717) is 11.6 Å². The maximum atomic E-state index is 5.97. The molecule has 0 spiro atoms. The molecule has 1 rings (SSSR count). The first-order valence-electron chi connectivity index (χ1n) is 5.76. The lowest BCUT2D eigenvalue weighted by atomic mass is 9.89. The molecule has 0 saturated carbocycles. The summed E-state index contributed by atoms with van der Waals surface area (Å²) in [5.41, 5.74) is 6.67. The lowest BCUT2D eigenvalue weighted by molar-refractivity contribution is 0.363. The van der Waals surface area contributed by atoms with Gasteiger partial charge in [0.1, 0.15) is 5.75 Å². The van der Waals surface area contributed by atoms with Crippen LogP contribution in [0.15, 0.2) is 18.2 Å². The normalized spacial score (nSPS) is 11.4. The van der Waals surface area contributed by atoms with Crippen molar-refractivity contribution in [3.63, 3.8) is 0 Å². The number of rotatable bonds is 6. The lowest BCUT2D eigenvalue weighted by Gasteiger charge is -2.25. The quantitative estimate of drug-likeness (QED) is 0.822. The maximum absolute atomic E-state index is 5.97. The summed E-state index contributed by atoms with van der Waals surface area (Å²) < 4.78 is 5.28. The molecule has 0 aliphatic heterocycles. The number of nitrogens with two attached hydrogens (primary N) is 1. The van der Waals surface area contributed by atoms with Crippen LogP contribution in [0.2, 0.25) is 5.02 Å². The minimum atomic E-state index is 0.155. The van der Waals surface area contributed by atoms with Crippen LogP contribution in [-0.4, -0.2) is 20.2 Å². The van der Waals surface area contributed by atoms with Crippen molar-refractivity contribution < 1.29 is 4.74 Å². The number of halogens is 1. The second-order valence-corrected chi connectivity index (χ2v) is 5.34. The zero-order chi connectivity index (χ0) is 12.9. The molecule has 3 nitrogen and oxygen atoms in total. The van der Waals surface area contributed by atoms with Gasteiger partial charge in [-0.1, -0.05) is 25.4 Å². The molecule has 0 amide bonds. The highest BCUT2D eigenvalue weighted by molar-refractivity contribution is 6.30. The van der Waals surface area contributed by atoms with E-state index in [1.807, 2.05) is 18.2 Å². The Kier molecular flexibility index (Phi) is 5.09. The van der Waals surface area contributed by atoms with E-state index in [2.05, 4.69) is 19.2 Å². The van der Waals surface area contributed by atoms with Crippen molar-refractivity contribution in [3.05, 3.63) is 23.2 Å². The molecule has 0 fully saturated rings. The third kappa shape index (κ3) is 4.44. The number of ether oxygens (including phenoxy) is 1. The standard InChI is InChI=1S/C13H21ClN2O/c1-13(2,6-7-15)9-16-11-8-10(14)4-5-12(11)17-3/h4-5,8,16H,6-7,9,15H2,1-3H3. The smallest absolute Gasteiger partial charge is 0.142 e. The lowest BCUT2D eigenvalue weighted by Crippen LogP contribution is -2.26. The summed E-state index contributed by atoms with van der Waals surface area (Å²) in [5, 5.41) is 4.06. The molecular weight excluding hydrogens is 236 g/mol. The molecule has 0 bridgehead atoms. The van der Waals surface area contributed by atoms with E-state index in [0.717, 1.165) is 24.4 Å². The van der Waals surface area contributed by atoms with Crippen molar-refractivity contribution in [2.45, 2.75) is 20.3 Å². The molecule has 0 radical (unpaired) electrons. The summed E-state index contributed by atoms with van der Waals surface area (Å²) in [6, 6.07) is 5.55. The molecule has 4 heteroatoms. The van der Waals surface area contributed by atoms with Gasteiger partial charge in [0.15, 0.2) is 0 Å². The molecule has 0 aliphatic carbocycles. The van der Waals surface area contributed by atoms with E-state index in [9.17, 15) is 0 Å². The summed E-state index contributed by atoms with van der Waals surface area (Å²) >= 11 is 5.97. The van der Waals surface area contributed by atoms with Gasteiger partial charge in [0.05, 0.1) is 12.8 Å². The average Bonchev–Trinajstić information content (AvgIpc) is 2.27. The Hall–Kier alpha value is -0.930. The number of benzene rings is 1. The first-order chi connectivity index (χ1) is 7.98. The van der Waals surface area contributed by atoms with Crippen LogP contribution < -0.4 is 15.8 Å². The minimum absolute atomic E-state index is 0.155. The topological polar surface area (TPSA) is 47.3 Å². The predicted molar refractivity (Wildman–Crippen MR) is 73.9 cm³/mol. The van der Waals surface area contributed by atoms with Gasteiger partial charge in [-0.25, -0.2) is 0 Å². The van der Waals surface area contributed by atoms with E-state index in [4.69, 9.17) is 22.1 Å². The summed E-state index contributed by atoms with van der Waals surface area (Å²) in [6.45, 7) is 5.90. The molecule has 0 aromatic heterocycles. The fourth-order valence-corrected chi connectivity index (χ4v) is 1.80. The van der Waals surface area contributed by atoms with Crippen LogP contribution in [0, 0.1) is 5.41 Å². The van der Waals surface area contributed by atoms with Crippen LogP contribution >= 0.6 is 11.6 Å². The second kappa shape index (κ2) is 6.12. The molecular formula is C13H21ClN2O. The summed E-state index contributed by atoms with van der Waals surface area (Å²) in [4.78, 5) is 0. The Bertz CT molecular complexity index is 366. The van der Waals surface area contributed by atoms with Gasteiger partial charge in [-0.3, -0.25) is 0 Å². The summed E-state index contributed by atoms with van der Waals surface area (Å²) in [6.07, 6.45) is 0.975. The molecule has 1 aromatic rings. The molecule has 0 heterocycles. The first-order valence-corrected chi connectivity index (χ1v) is 6.14. The first kappa shape index (κ1) is 14.1. The van der Waals surface area contributed by atoms with Gasteiger partial charge >= 0.3 is 0 Å². The van der Waals surface area contributed by atoms with E-state index < -0.39 is 0 Å². The molecule has 0 aliphatic rings. The van der Waals surface area contributed by atoms with Crippen LogP contribution in [0.5, 0.6) is 5.75 Å². The number of methoxy groups -OCH3 is 1.